The maximum Gasteiger partial charge on any atom is 0.266 e. The number of nitrogens with zero attached hydrogens (tertiary/aromatic N) is 5. The highest BCUT2D eigenvalue weighted by atomic mass is 32.1. The minimum Gasteiger partial charge on any atom is -0.349 e. The molecule has 3 aromatic heterocycles. The minimum atomic E-state index is -0.245. The number of hydrogen-bond acceptors (Lipinski definition) is 8. The van der Waals surface area contributed by atoms with E-state index in [2.05, 4.69) is 25.0 Å². The van der Waals surface area contributed by atoms with Gasteiger partial charge in [0.25, 0.3) is 11.5 Å². The highest BCUT2D eigenvalue weighted by Crippen LogP contribution is 2.27. The highest BCUT2D eigenvalue weighted by Gasteiger charge is 2.13. The van der Waals surface area contributed by atoms with Crippen molar-refractivity contribution >= 4 is 28.8 Å². The number of carbonyl (C=O) groups is 1. The first-order valence-corrected chi connectivity index (χ1v) is 9.14. The second kappa shape index (κ2) is 7.19. The zero-order valence-corrected chi connectivity index (χ0v) is 15.6. The van der Waals surface area contributed by atoms with Gasteiger partial charge in [0.1, 0.15) is 10.6 Å². The Hall–Kier alpha value is -2.46. The Labute approximate surface area is 151 Å². The van der Waals surface area contributed by atoms with Crippen LogP contribution in [0.4, 0.5) is 0 Å². The number of nitrogens with one attached hydrogen (secondary N) is 1. The molecule has 0 saturated heterocycles. The van der Waals surface area contributed by atoms with Crippen LogP contribution in [0.25, 0.3) is 10.6 Å². The van der Waals surface area contributed by atoms with Crippen LogP contribution in [0.1, 0.15) is 26.1 Å². The quantitative estimate of drug-likeness (QED) is 0.725. The molecule has 25 heavy (non-hydrogen) atoms. The lowest BCUT2D eigenvalue weighted by atomic mass is 10.3. The molecule has 0 aromatic carbocycles. The second-order valence-corrected chi connectivity index (χ2v) is 7.33. The van der Waals surface area contributed by atoms with Gasteiger partial charge in [0.05, 0.1) is 27.8 Å². The van der Waals surface area contributed by atoms with Crippen LogP contribution in [0.15, 0.2) is 16.9 Å². The minimum absolute atomic E-state index is 0.215. The third-order valence-electron chi connectivity index (χ3n) is 3.47. The van der Waals surface area contributed by atoms with Gasteiger partial charge in [0, 0.05) is 12.6 Å². The molecule has 0 spiro atoms. The van der Waals surface area contributed by atoms with Crippen molar-refractivity contribution in [2.24, 2.45) is 0 Å². The van der Waals surface area contributed by atoms with Crippen LogP contribution < -0.4 is 10.9 Å². The Balaban J connectivity index is 1.71. The fourth-order valence-electron chi connectivity index (χ4n) is 2.29. The number of aryl methyl sites for hydroxylation is 3. The van der Waals surface area contributed by atoms with E-state index in [4.69, 9.17) is 0 Å². The molecular weight excluding hydrogens is 360 g/mol. The molecule has 0 unspecified atom stereocenters. The zero-order valence-electron chi connectivity index (χ0n) is 13.9. The van der Waals surface area contributed by atoms with Crippen LogP contribution in [-0.2, 0) is 6.54 Å². The predicted molar refractivity (Wildman–Crippen MR) is 96.1 cm³/mol. The van der Waals surface area contributed by atoms with E-state index in [-0.39, 0.29) is 24.6 Å². The normalized spacial score (nSPS) is 10.8. The van der Waals surface area contributed by atoms with E-state index < -0.39 is 0 Å². The van der Waals surface area contributed by atoms with Gasteiger partial charge in [0.2, 0.25) is 0 Å². The fourth-order valence-corrected chi connectivity index (χ4v) is 3.75. The molecule has 0 aliphatic rings. The molecule has 0 radical (unpaired) electrons. The summed E-state index contributed by atoms with van der Waals surface area (Å²) in [5.41, 5.74) is 1.97. The molecule has 3 aromatic rings. The number of rotatable bonds is 5. The maximum atomic E-state index is 12.0. The van der Waals surface area contributed by atoms with E-state index in [9.17, 15) is 9.59 Å². The van der Waals surface area contributed by atoms with E-state index in [0.717, 1.165) is 27.1 Å². The van der Waals surface area contributed by atoms with E-state index >= 15 is 0 Å². The van der Waals surface area contributed by atoms with E-state index in [1.807, 2.05) is 13.8 Å². The van der Waals surface area contributed by atoms with Gasteiger partial charge in [-0.2, -0.15) is 5.10 Å². The lowest BCUT2D eigenvalue weighted by Crippen LogP contribution is -2.31. The first-order valence-electron chi connectivity index (χ1n) is 7.55. The van der Waals surface area contributed by atoms with Gasteiger partial charge in [0.15, 0.2) is 0 Å². The average Bonchev–Trinajstić information content (AvgIpc) is 3.14. The van der Waals surface area contributed by atoms with Crippen LogP contribution >= 0.6 is 22.9 Å². The zero-order chi connectivity index (χ0) is 18.0. The van der Waals surface area contributed by atoms with Crippen LogP contribution in [0, 0.1) is 20.8 Å². The second-order valence-electron chi connectivity index (χ2n) is 5.37. The fraction of sp³-hybridized carbons (Fsp3) is 0.333. The first-order chi connectivity index (χ1) is 12.0. The number of thiazole rings is 1. The van der Waals surface area contributed by atoms with Gasteiger partial charge in [-0.1, -0.05) is 4.49 Å². The molecule has 10 heteroatoms. The van der Waals surface area contributed by atoms with Gasteiger partial charge >= 0.3 is 0 Å². The summed E-state index contributed by atoms with van der Waals surface area (Å²) >= 11 is 2.59. The standard InChI is InChI=1S/C15H16N6O2S2/c1-8-13(24-10(3)17-8)11-4-5-12(22)21(19-11)7-6-16-15(23)14-9(2)18-20-25-14/h4-5H,6-7H2,1-3H3,(H,16,23). The van der Waals surface area contributed by atoms with Crippen LogP contribution in [-0.4, -0.2) is 36.8 Å². The van der Waals surface area contributed by atoms with Gasteiger partial charge in [-0.05, 0) is 38.4 Å². The van der Waals surface area contributed by atoms with Crippen molar-refractivity contribution in [3.63, 3.8) is 0 Å². The van der Waals surface area contributed by atoms with Crippen molar-refractivity contribution in [1.29, 1.82) is 0 Å². The summed E-state index contributed by atoms with van der Waals surface area (Å²) in [6.45, 7) is 6.14. The highest BCUT2D eigenvalue weighted by molar-refractivity contribution is 7.15. The molecular formula is C15H16N6O2S2. The van der Waals surface area contributed by atoms with Crippen LogP contribution in [0.2, 0.25) is 0 Å². The summed E-state index contributed by atoms with van der Waals surface area (Å²) in [7, 11) is 0. The summed E-state index contributed by atoms with van der Waals surface area (Å²) < 4.78 is 5.09. The largest absolute Gasteiger partial charge is 0.349 e. The van der Waals surface area contributed by atoms with Crippen molar-refractivity contribution < 1.29 is 4.79 Å². The number of carbonyl (C=O) groups excluding carboxylic acids is 1. The van der Waals surface area contributed by atoms with Crippen molar-refractivity contribution in [2.75, 3.05) is 6.54 Å². The molecule has 8 nitrogen and oxygen atoms in total. The average molecular weight is 376 g/mol. The molecule has 0 aliphatic heterocycles. The van der Waals surface area contributed by atoms with Crippen LogP contribution in [0.5, 0.6) is 0 Å². The summed E-state index contributed by atoms with van der Waals surface area (Å²) in [5.74, 6) is -0.245. The number of aromatic nitrogens is 5. The third-order valence-corrected chi connectivity index (χ3v) is 5.39. The summed E-state index contributed by atoms with van der Waals surface area (Å²) in [4.78, 5) is 29.9. The van der Waals surface area contributed by atoms with E-state index in [1.165, 1.54) is 22.1 Å². The Morgan fingerprint density at radius 3 is 2.68 bits per heavy atom. The smallest absolute Gasteiger partial charge is 0.266 e. The van der Waals surface area contributed by atoms with Gasteiger partial charge in [-0.3, -0.25) is 9.59 Å². The molecule has 130 valence electrons. The van der Waals surface area contributed by atoms with Gasteiger partial charge < -0.3 is 5.32 Å². The van der Waals surface area contributed by atoms with Gasteiger partial charge in [-0.25, -0.2) is 9.67 Å². The Morgan fingerprint density at radius 1 is 1.24 bits per heavy atom. The molecule has 0 aliphatic carbocycles. The number of hydrogen-bond donors (Lipinski definition) is 1. The molecule has 1 N–H and O–H groups in total. The van der Waals surface area contributed by atoms with Crippen molar-refractivity contribution in [3.05, 3.63) is 43.8 Å². The molecule has 3 rings (SSSR count). The Bertz CT molecular complexity index is 975. The number of amides is 1. The summed E-state index contributed by atoms with van der Waals surface area (Å²) in [5, 5.41) is 11.9. The van der Waals surface area contributed by atoms with Gasteiger partial charge in [-0.15, -0.1) is 16.4 Å². The summed E-state index contributed by atoms with van der Waals surface area (Å²) in [6.07, 6.45) is 0. The molecule has 0 saturated carbocycles. The molecule has 0 bridgehead atoms. The molecule has 0 atom stereocenters. The maximum absolute atomic E-state index is 12.0. The topological polar surface area (TPSA) is 103 Å². The predicted octanol–water partition coefficient (Wildman–Crippen LogP) is 1.57. The summed E-state index contributed by atoms with van der Waals surface area (Å²) in [6, 6.07) is 3.18. The SMILES string of the molecule is Cc1nc(C)c(-c2ccc(=O)n(CCNC(=O)c3snnc3C)n2)s1. The Morgan fingerprint density at radius 2 is 2.04 bits per heavy atom. The van der Waals surface area contributed by atoms with Crippen LogP contribution in [0.3, 0.4) is 0 Å². The van der Waals surface area contributed by atoms with Crippen molar-refractivity contribution in [2.45, 2.75) is 27.3 Å². The van der Waals surface area contributed by atoms with Crippen molar-refractivity contribution in [3.8, 4) is 10.6 Å². The first kappa shape index (κ1) is 17.4. The van der Waals surface area contributed by atoms with Crippen molar-refractivity contribution in [1.82, 2.24) is 29.7 Å². The molecule has 3 heterocycles. The lowest BCUT2D eigenvalue weighted by molar-refractivity contribution is 0.0955. The van der Waals surface area contributed by atoms with E-state index in [0.29, 0.717) is 16.3 Å². The molecule has 0 fully saturated rings. The Kier molecular flexibility index (Phi) is 5.00. The third kappa shape index (κ3) is 3.80. The lowest BCUT2D eigenvalue weighted by Gasteiger charge is -2.07. The van der Waals surface area contributed by atoms with E-state index in [1.54, 1.807) is 13.0 Å². The molecule has 1 amide bonds. The monoisotopic (exact) mass is 376 g/mol.